The third kappa shape index (κ3) is 10.2. The van der Waals surface area contributed by atoms with Crippen LogP contribution >= 0.6 is 11.3 Å². The molecular weight excluding hydrogens is 749 g/mol. The highest BCUT2D eigenvalue weighted by Gasteiger charge is 2.16. The van der Waals surface area contributed by atoms with Gasteiger partial charge in [-0.15, -0.1) is 17.9 Å². The normalized spacial score (nSPS) is 15.6. The molecule has 0 aliphatic heterocycles. The van der Waals surface area contributed by atoms with Crippen LogP contribution in [0.2, 0.25) is 0 Å². The van der Waals surface area contributed by atoms with E-state index in [1.165, 1.54) is 47.5 Å². The van der Waals surface area contributed by atoms with E-state index in [1.54, 1.807) is 0 Å². The minimum Gasteiger partial charge on any atom is -0.399 e. The lowest BCUT2D eigenvalue weighted by molar-refractivity contribution is 0.887. The summed E-state index contributed by atoms with van der Waals surface area (Å²) in [5, 5.41) is 4.71. The fraction of sp³-hybridized carbons (Fsp3) is 0.127. The van der Waals surface area contributed by atoms with Gasteiger partial charge < -0.3 is 5.73 Å². The summed E-state index contributed by atoms with van der Waals surface area (Å²) in [6.45, 7) is 7.99. The Morgan fingerprint density at radius 1 is 0.933 bits per heavy atom. The number of nitrogens with two attached hydrogens (primary N) is 1. The third-order valence-corrected chi connectivity index (χ3v) is 11.4. The number of nitrogens with zero attached hydrogens (tertiary/aromatic N) is 3. The van der Waals surface area contributed by atoms with Crippen molar-refractivity contribution in [2.45, 2.75) is 45.4 Å². The Labute approximate surface area is 358 Å². The Balaban J connectivity index is 0.000000288. The number of para-hydroxylation sites is 1. The monoisotopic (exact) mass is 800 g/mol. The lowest BCUT2D eigenvalue weighted by Gasteiger charge is -2.10. The average molecular weight is 801 g/mol. The summed E-state index contributed by atoms with van der Waals surface area (Å²) in [6, 6.07) is 31.5. The first-order chi connectivity index (χ1) is 29.6. The van der Waals surface area contributed by atoms with E-state index in [1.807, 2.05) is 47.9 Å². The summed E-state index contributed by atoms with van der Waals surface area (Å²) in [6.07, 6.45) is 42.4. The summed E-state index contributed by atoms with van der Waals surface area (Å²) in [5.41, 5.74) is 12.6. The first kappa shape index (κ1) is 41.3. The van der Waals surface area contributed by atoms with Crippen LogP contribution in [0.1, 0.15) is 56.8 Å². The van der Waals surface area contributed by atoms with Gasteiger partial charge in [-0.1, -0.05) is 166 Å². The molecule has 4 nitrogen and oxygen atoms in total. The largest absolute Gasteiger partial charge is 0.399 e. The van der Waals surface area contributed by atoms with Crippen LogP contribution in [0.4, 0.5) is 5.69 Å². The standard InChI is InChI=1S/C40H33N3S.C15H19N/c1-2-3-7-20-34-33-21-12-13-22-35(33)43(36(34)26-29-15-8-4-5-9-16-29)39-24-25-41-40(42-39)31-19-14-23-37-32(27-31)28-38(44-37)30-17-10-6-11-18-30;1-3-5-6-7-9-13(4-2)14-10-8-11-15(16)12-14/h3-8,10-28,31H,2,9H2,1H3;3,6-12H,1,4-5,16H2,2H3/b7-3?,34-20-,36-26-;7-6-,13-9+. The minimum absolute atomic E-state index is 0.0444. The number of benzene rings is 3. The van der Waals surface area contributed by atoms with E-state index in [4.69, 9.17) is 15.7 Å². The molecule has 3 heterocycles. The van der Waals surface area contributed by atoms with Crippen LogP contribution in [-0.2, 0) is 0 Å². The molecule has 0 amide bonds. The van der Waals surface area contributed by atoms with Crippen molar-refractivity contribution >= 4 is 57.8 Å². The zero-order valence-electron chi connectivity index (χ0n) is 34.5. The highest BCUT2D eigenvalue weighted by atomic mass is 32.1. The maximum atomic E-state index is 5.77. The smallest absolute Gasteiger partial charge is 0.141 e. The van der Waals surface area contributed by atoms with Gasteiger partial charge in [0.15, 0.2) is 0 Å². The van der Waals surface area contributed by atoms with Crippen molar-refractivity contribution in [2.24, 2.45) is 0 Å². The molecule has 3 aromatic carbocycles. The van der Waals surface area contributed by atoms with Crippen molar-refractivity contribution in [3.05, 3.63) is 220 Å². The molecule has 3 aromatic heterocycles. The number of thiophene rings is 1. The molecule has 0 radical (unpaired) electrons. The molecule has 6 aromatic rings. The maximum absolute atomic E-state index is 5.77. The minimum atomic E-state index is -0.0444. The predicted octanol–water partition coefficient (Wildman–Crippen LogP) is 11.2. The van der Waals surface area contributed by atoms with E-state index >= 15 is 0 Å². The Kier molecular flexibility index (Phi) is 14.3. The SMILES string of the molecule is C=CC/C=C\C=C(/CC)c1cccc(N)c1.CCC=C/C=c1\c(=C\C2=CCC=CC=C2)n(-c2ccnc(C3C=CC=c4sc(-c5ccccc5)cc4=C3)n2)c2ccccc12. The summed E-state index contributed by atoms with van der Waals surface area (Å²) in [7, 11) is 0. The van der Waals surface area contributed by atoms with E-state index in [0.717, 1.165) is 53.9 Å². The lowest BCUT2D eigenvalue weighted by atomic mass is 10.0. The molecule has 0 saturated carbocycles. The lowest BCUT2D eigenvalue weighted by Crippen LogP contribution is -2.29. The van der Waals surface area contributed by atoms with Crippen molar-refractivity contribution in [3.8, 4) is 16.3 Å². The molecule has 298 valence electrons. The molecule has 1 atom stereocenters. The number of hydrogen-bond acceptors (Lipinski definition) is 4. The molecule has 8 rings (SSSR count). The van der Waals surface area contributed by atoms with Crippen LogP contribution < -0.4 is 26.1 Å². The number of nitrogen functional groups attached to an aromatic ring is 1. The zero-order chi connectivity index (χ0) is 41.5. The molecular formula is C55H52N4S. The van der Waals surface area contributed by atoms with Gasteiger partial charge in [-0.25, -0.2) is 9.97 Å². The summed E-state index contributed by atoms with van der Waals surface area (Å²) in [4.78, 5) is 11.3. The maximum Gasteiger partial charge on any atom is 0.141 e. The van der Waals surface area contributed by atoms with E-state index in [0.29, 0.717) is 0 Å². The number of anilines is 1. The van der Waals surface area contributed by atoms with Crippen molar-refractivity contribution in [1.82, 2.24) is 14.5 Å². The van der Waals surface area contributed by atoms with Crippen molar-refractivity contribution < 1.29 is 0 Å². The van der Waals surface area contributed by atoms with Crippen LogP contribution in [-0.4, -0.2) is 14.5 Å². The fourth-order valence-electron chi connectivity index (χ4n) is 7.27. The quantitative estimate of drug-likeness (QED) is 0.0807. The number of allylic oxidation sites excluding steroid dienone is 15. The molecule has 0 bridgehead atoms. The van der Waals surface area contributed by atoms with E-state index in [9.17, 15) is 0 Å². The fourth-order valence-corrected chi connectivity index (χ4v) is 8.34. The van der Waals surface area contributed by atoms with Crippen LogP contribution in [0.3, 0.4) is 0 Å². The van der Waals surface area contributed by atoms with E-state index in [2.05, 4.69) is 189 Å². The summed E-state index contributed by atoms with van der Waals surface area (Å²) in [5.74, 6) is 1.60. The van der Waals surface area contributed by atoms with Gasteiger partial charge >= 0.3 is 0 Å². The van der Waals surface area contributed by atoms with Gasteiger partial charge in [0.05, 0.1) is 16.8 Å². The van der Waals surface area contributed by atoms with E-state index in [-0.39, 0.29) is 5.92 Å². The molecule has 1 unspecified atom stereocenters. The number of hydrogen-bond donors (Lipinski definition) is 1. The van der Waals surface area contributed by atoms with Crippen molar-refractivity contribution in [3.63, 3.8) is 0 Å². The van der Waals surface area contributed by atoms with Crippen molar-refractivity contribution in [1.29, 1.82) is 0 Å². The van der Waals surface area contributed by atoms with Crippen molar-refractivity contribution in [2.75, 3.05) is 5.73 Å². The number of aromatic nitrogens is 3. The molecule has 0 saturated heterocycles. The molecule has 0 spiro atoms. The molecule has 60 heavy (non-hydrogen) atoms. The highest BCUT2D eigenvalue weighted by molar-refractivity contribution is 7.13. The molecule has 0 fully saturated rings. The zero-order valence-corrected chi connectivity index (χ0v) is 35.3. The second-order valence-corrected chi connectivity index (χ2v) is 15.5. The van der Waals surface area contributed by atoms with Gasteiger partial charge in [-0.05, 0) is 95.7 Å². The van der Waals surface area contributed by atoms with Crippen LogP contribution in [0.5, 0.6) is 0 Å². The number of rotatable bonds is 11. The first-order valence-electron chi connectivity index (χ1n) is 20.8. The molecule has 2 aliphatic rings. The first-order valence-corrected chi connectivity index (χ1v) is 21.6. The summed E-state index contributed by atoms with van der Waals surface area (Å²) < 4.78 is 3.54. The van der Waals surface area contributed by atoms with Gasteiger partial charge in [0, 0.05) is 31.9 Å². The van der Waals surface area contributed by atoms with Gasteiger partial charge in [-0.3, -0.25) is 4.57 Å². The Bertz CT molecular complexity index is 2930. The molecule has 2 N–H and O–H groups in total. The van der Waals surface area contributed by atoms with Crippen LogP contribution in [0.15, 0.2) is 188 Å². The van der Waals surface area contributed by atoms with Crippen LogP contribution in [0, 0.1) is 0 Å². The van der Waals surface area contributed by atoms with E-state index < -0.39 is 0 Å². The second-order valence-electron chi connectivity index (χ2n) is 14.5. The van der Waals surface area contributed by atoms with Gasteiger partial charge in [0.2, 0.25) is 0 Å². The van der Waals surface area contributed by atoms with Crippen LogP contribution in [0.25, 0.3) is 57.0 Å². The summed E-state index contributed by atoms with van der Waals surface area (Å²) >= 11 is 1.82. The average Bonchev–Trinajstić information content (AvgIpc) is 3.59. The van der Waals surface area contributed by atoms with Gasteiger partial charge in [0.1, 0.15) is 11.6 Å². The molecule has 5 heteroatoms. The van der Waals surface area contributed by atoms with Gasteiger partial charge in [-0.2, -0.15) is 0 Å². The third-order valence-electron chi connectivity index (χ3n) is 10.3. The topological polar surface area (TPSA) is 56.7 Å². The Hall–Kier alpha value is -6.82. The Morgan fingerprint density at radius 2 is 1.80 bits per heavy atom. The second kappa shape index (κ2) is 20.7. The number of fused-ring (bicyclic) bond motifs is 2. The molecule has 2 aliphatic carbocycles. The predicted molar refractivity (Wildman–Crippen MR) is 260 cm³/mol. The highest BCUT2D eigenvalue weighted by Crippen LogP contribution is 2.24. The van der Waals surface area contributed by atoms with Gasteiger partial charge in [0.25, 0.3) is 0 Å². The Morgan fingerprint density at radius 3 is 2.63 bits per heavy atom.